The van der Waals surface area contributed by atoms with Gasteiger partial charge in [0.2, 0.25) is 5.78 Å². The van der Waals surface area contributed by atoms with Gasteiger partial charge in [-0.05, 0) is 18.4 Å². The Morgan fingerprint density at radius 1 is 1.38 bits per heavy atom. The highest BCUT2D eigenvalue weighted by Gasteiger charge is 2.15. The van der Waals surface area contributed by atoms with Crippen molar-refractivity contribution in [3.05, 3.63) is 33.7 Å². The standard InChI is InChI=1S/C14H14N2O4S/c1-9(16)10(7-15)12(18)8-20-14(19)5-4-11(17)13-3-2-6-21-13/h2-3,6H,4-5,8,16H2,1H3/b10-9-. The zero-order valence-electron chi connectivity index (χ0n) is 11.4. The maximum absolute atomic E-state index is 11.7. The van der Waals surface area contributed by atoms with E-state index in [2.05, 4.69) is 0 Å². The lowest BCUT2D eigenvalue weighted by molar-refractivity contribution is -0.147. The molecule has 21 heavy (non-hydrogen) atoms. The van der Waals surface area contributed by atoms with Gasteiger partial charge in [0.05, 0.1) is 11.3 Å². The van der Waals surface area contributed by atoms with Gasteiger partial charge in [-0.1, -0.05) is 6.07 Å². The largest absolute Gasteiger partial charge is 0.457 e. The Balaban J connectivity index is 2.39. The summed E-state index contributed by atoms with van der Waals surface area (Å²) in [5, 5.41) is 10.5. The maximum Gasteiger partial charge on any atom is 0.306 e. The predicted molar refractivity (Wildman–Crippen MR) is 76.3 cm³/mol. The molecule has 0 aliphatic rings. The molecule has 6 nitrogen and oxygen atoms in total. The average molecular weight is 306 g/mol. The SMILES string of the molecule is C/C(N)=C(\C#N)C(=O)COC(=O)CCC(=O)c1cccs1. The Bertz CT molecular complexity index is 607. The van der Waals surface area contributed by atoms with E-state index in [1.54, 1.807) is 23.6 Å². The van der Waals surface area contributed by atoms with Crippen molar-refractivity contribution in [1.82, 2.24) is 0 Å². The summed E-state index contributed by atoms with van der Waals surface area (Å²) >= 11 is 1.30. The molecule has 0 unspecified atom stereocenters. The molecule has 1 heterocycles. The minimum atomic E-state index is -0.666. The van der Waals surface area contributed by atoms with Crippen LogP contribution < -0.4 is 5.73 Å². The van der Waals surface area contributed by atoms with Crippen molar-refractivity contribution in [3.8, 4) is 6.07 Å². The zero-order valence-corrected chi connectivity index (χ0v) is 12.2. The summed E-state index contributed by atoms with van der Waals surface area (Å²) in [5.41, 5.74) is 5.21. The topological polar surface area (TPSA) is 110 Å². The fourth-order valence-electron chi connectivity index (χ4n) is 1.44. The molecular formula is C14H14N2O4S. The lowest BCUT2D eigenvalue weighted by atomic mass is 10.1. The Labute approximate surface area is 125 Å². The van der Waals surface area contributed by atoms with Crippen LogP contribution >= 0.6 is 11.3 Å². The van der Waals surface area contributed by atoms with Gasteiger partial charge in [-0.2, -0.15) is 5.26 Å². The van der Waals surface area contributed by atoms with Crippen molar-refractivity contribution in [2.75, 3.05) is 6.61 Å². The first-order valence-electron chi connectivity index (χ1n) is 6.07. The van der Waals surface area contributed by atoms with E-state index in [1.165, 1.54) is 18.3 Å². The molecule has 1 rings (SSSR count). The molecule has 0 amide bonds. The molecule has 1 aromatic heterocycles. The Hall–Kier alpha value is -2.46. The van der Waals surface area contributed by atoms with Crippen LogP contribution in [0.2, 0.25) is 0 Å². The molecule has 0 fully saturated rings. The number of allylic oxidation sites excluding steroid dienone is 1. The number of thiophene rings is 1. The van der Waals surface area contributed by atoms with E-state index in [-0.39, 0.29) is 29.9 Å². The lowest BCUT2D eigenvalue weighted by Crippen LogP contribution is -2.18. The van der Waals surface area contributed by atoms with Crippen LogP contribution in [0, 0.1) is 11.3 Å². The van der Waals surface area contributed by atoms with Crippen molar-refractivity contribution in [2.24, 2.45) is 5.73 Å². The van der Waals surface area contributed by atoms with Gasteiger partial charge in [0.15, 0.2) is 12.4 Å². The van der Waals surface area contributed by atoms with E-state index >= 15 is 0 Å². The second-order valence-electron chi connectivity index (χ2n) is 4.15. The highest BCUT2D eigenvalue weighted by Crippen LogP contribution is 2.12. The summed E-state index contributed by atoms with van der Waals surface area (Å²) in [7, 11) is 0. The average Bonchev–Trinajstić information content (AvgIpc) is 2.97. The third-order valence-electron chi connectivity index (χ3n) is 2.50. The molecule has 0 aromatic carbocycles. The highest BCUT2D eigenvalue weighted by atomic mass is 32.1. The molecule has 0 radical (unpaired) electrons. The van der Waals surface area contributed by atoms with Gasteiger partial charge in [0.25, 0.3) is 0 Å². The predicted octanol–water partition coefficient (Wildman–Crippen LogP) is 1.58. The van der Waals surface area contributed by atoms with Crippen LogP contribution in [0.15, 0.2) is 28.8 Å². The van der Waals surface area contributed by atoms with Crippen LogP contribution in [0.5, 0.6) is 0 Å². The van der Waals surface area contributed by atoms with Crippen molar-refractivity contribution in [3.63, 3.8) is 0 Å². The second-order valence-corrected chi connectivity index (χ2v) is 5.10. The monoisotopic (exact) mass is 306 g/mol. The summed E-state index contributed by atoms with van der Waals surface area (Å²) in [6.45, 7) is 0.863. The number of ketones is 2. The fourth-order valence-corrected chi connectivity index (χ4v) is 2.13. The molecule has 0 saturated heterocycles. The molecule has 0 aliphatic heterocycles. The number of rotatable bonds is 7. The van der Waals surface area contributed by atoms with Gasteiger partial charge in [0.1, 0.15) is 11.6 Å². The van der Waals surface area contributed by atoms with E-state index in [9.17, 15) is 14.4 Å². The molecule has 0 saturated carbocycles. The summed E-state index contributed by atoms with van der Waals surface area (Å²) < 4.78 is 4.73. The second kappa shape index (κ2) is 7.97. The Morgan fingerprint density at radius 3 is 2.62 bits per heavy atom. The number of carbonyl (C=O) groups excluding carboxylic acids is 3. The smallest absolute Gasteiger partial charge is 0.306 e. The molecule has 7 heteroatoms. The van der Waals surface area contributed by atoms with Crippen LogP contribution in [0.25, 0.3) is 0 Å². The molecule has 2 N–H and O–H groups in total. The van der Waals surface area contributed by atoms with Gasteiger partial charge in [0, 0.05) is 12.1 Å². The van der Waals surface area contributed by atoms with E-state index in [0.29, 0.717) is 4.88 Å². The van der Waals surface area contributed by atoms with Gasteiger partial charge in [-0.15, -0.1) is 11.3 Å². The van der Waals surface area contributed by atoms with Gasteiger partial charge in [-0.25, -0.2) is 0 Å². The summed E-state index contributed by atoms with van der Waals surface area (Å²) in [6.07, 6.45) is -0.0956. The third kappa shape index (κ3) is 5.20. The number of esters is 1. The number of carbonyl (C=O) groups is 3. The summed E-state index contributed by atoms with van der Waals surface area (Å²) in [5.74, 6) is -1.47. The molecule has 1 aromatic rings. The van der Waals surface area contributed by atoms with E-state index < -0.39 is 18.4 Å². The molecule has 0 atom stereocenters. The molecule has 0 bridgehead atoms. The van der Waals surface area contributed by atoms with E-state index in [4.69, 9.17) is 15.7 Å². The first kappa shape index (κ1) is 16.6. The number of hydrogen-bond donors (Lipinski definition) is 1. The Morgan fingerprint density at radius 2 is 2.10 bits per heavy atom. The summed E-state index contributed by atoms with van der Waals surface area (Å²) in [6, 6.07) is 5.08. The minimum absolute atomic E-state index is 0.0183. The van der Waals surface area contributed by atoms with E-state index in [0.717, 1.165) is 0 Å². The summed E-state index contributed by atoms with van der Waals surface area (Å²) in [4.78, 5) is 35.2. The highest BCUT2D eigenvalue weighted by molar-refractivity contribution is 7.12. The van der Waals surface area contributed by atoms with Crippen LogP contribution in [0.3, 0.4) is 0 Å². The number of Topliss-reactive ketones (excluding diaryl/α,β-unsaturated/α-hetero) is 2. The minimum Gasteiger partial charge on any atom is -0.457 e. The van der Waals surface area contributed by atoms with Crippen LogP contribution in [0.1, 0.15) is 29.4 Å². The van der Waals surface area contributed by atoms with Crippen molar-refractivity contribution in [2.45, 2.75) is 19.8 Å². The molecular weight excluding hydrogens is 292 g/mol. The molecule has 110 valence electrons. The maximum atomic E-state index is 11.7. The van der Waals surface area contributed by atoms with E-state index in [1.807, 2.05) is 0 Å². The van der Waals surface area contributed by atoms with Crippen molar-refractivity contribution < 1.29 is 19.1 Å². The fraction of sp³-hybridized carbons (Fsp3) is 0.286. The molecule has 0 spiro atoms. The zero-order chi connectivity index (χ0) is 15.8. The van der Waals surface area contributed by atoms with Gasteiger partial charge >= 0.3 is 5.97 Å². The lowest BCUT2D eigenvalue weighted by Gasteiger charge is -2.04. The number of nitrogens with zero attached hydrogens (tertiary/aromatic N) is 1. The first-order chi connectivity index (χ1) is 9.95. The van der Waals surface area contributed by atoms with Gasteiger partial charge in [-0.3, -0.25) is 14.4 Å². The number of nitriles is 1. The number of hydrogen-bond acceptors (Lipinski definition) is 7. The Kier molecular flexibility index (Phi) is 6.30. The number of ether oxygens (including phenoxy) is 1. The normalized spacial score (nSPS) is 11.2. The van der Waals surface area contributed by atoms with Crippen LogP contribution in [-0.2, 0) is 14.3 Å². The van der Waals surface area contributed by atoms with Crippen molar-refractivity contribution >= 4 is 28.9 Å². The van der Waals surface area contributed by atoms with Crippen LogP contribution in [-0.4, -0.2) is 24.1 Å². The first-order valence-corrected chi connectivity index (χ1v) is 6.95. The quantitative estimate of drug-likeness (QED) is 0.354. The molecule has 0 aliphatic carbocycles. The van der Waals surface area contributed by atoms with Crippen molar-refractivity contribution in [1.29, 1.82) is 5.26 Å². The number of nitrogens with two attached hydrogens (primary N) is 1. The van der Waals surface area contributed by atoms with Gasteiger partial charge < -0.3 is 10.5 Å². The third-order valence-corrected chi connectivity index (χ3v) is 3.41. The van der Waals surface area contributed by atoms with Crippen LogP contribution in [0.4, 0.5) is 0 Å².